The number of hydrogen-bond acceptors (Lipinski definition) is 3. The van der Waals surface area contributed by atoms with E-state index in [1.165, 1.54) is 24.8 Å². The molecule has 0 aromatic heterocycles. The van der Waals surface area contributed by atoms with Crippen LogP contribution in [0.4, 0.5) is 0 Å². The van der Waals surface area contributed by atoms with Gasteiger partial charge in [-0.25, -0.2) is 0 Å². The Kier molecular flexibility index (Phi) is 3.66. The second kappa shape index (κ2) is 5.30. The molecule has 24 heavy (non-hydrogen) atoms. The minimum atomic E-state index is -0.384. The van der Waals surface area contributed by atoms with E-state index in [-0.39, 0.29) is 22.8 Å². The van der Waals surface area contributed by atoms with Crippen molar-refractivity contribution >= 4 is 0 Å². The first kappa shape index (κ1) is 16.6. The Morgan fingerprint density at radius 2 is 1.75 bits per heavy atom. The van der Waals surface area contributed by atoms with Crippen molar-refractivity contribution in [1.29, 1.82) is 0 Å². The van der Waals surface area contributed by atoms with Gasteiger partial charge in [0.05, 0.1) is 12.1 Å². The summed E-state index contributed by atoms with van der Waals surface area (Å²) in [6, 6.07) is 10.5. The van der Waals surface area contributed by atoms with Gasteiger partial charge in [0.15, 0.2) is 0 Å². The number of rotatable bonds is 3. The van der Waals surface area contributed by atoms with Gasteiger partial charge in [-0.05, 0) is 62.8 Å². The molecule has 0 amide bonds. The van der Waals surface area contributed by atoms with Crippen LogP contribution in [0, 0.1) is 17.3 Å². The zero-order valence-electron chi connectivity index (χ0n) is 15.7. The summed E-state index contributed by atoms with van der Waals surface area (Å²) in [6.07, 6.45) is 4.03. The van der Waals surface area contributed by atoms with Crippen molar-refractivity contribution in [2.45, 2.75) is 71.2 Å². The standard InChI is InChI=1S/C21H31NO2/c1-15(16-9-7-6-8-10-16)24-22-20(4,5)23-14-21(22)18-12-11-17(13-18)19(21,2)3/h6-10,15,17-18H,11-14H2,1-5H3/t15-,17?,18?,21?/m0/s1. The molecule has 132 valence electrons. The molecule has 1 saturated heterocycles. The Balaban J connectivity index is 1.69. The number of nitrogens with zero attached hydrogens (tertiary/aromatic N) is 1. The molecule has 4 rings (SSSR count). The molecule has 1 heterocycles. The highest BCUT2D eigenvalue weighted by Crippen LogP contribution is 2.67. The van der Waals surface area contributed by atoms with Crippen LogP contribution in [0.5, 0.6) is 0 Å². The third-order valence-corrected chi connectivity index (χ3v) is 7.27. The van der Waals surface area contributed by atoms with Gasteiger partial charge in [-0.15, -0.1) is 5.06 Å². The van der Waals surface area contributed by atoms with E-state index in [9.17, 15) is 0 Å². The molecule has 2 aliphatic carbocycles. The van der Waals surface area contributed by atoms with Crippen LogP contribution < -0.4 is 0 Å². The van der Waals surface area contributed by atoms with E-state index < -0.39 is 0 Å². The second-order valence-electron chi connectivity index (χ2n) is 9.04. The van der Waals surface area contributed by atoms with E-state index in [1.807, 2.05) is 0 Å². The SMILES string of the molecule is C[C@H](ON1C(C)(C)OCC12C1CCC(C1)C2(C)C)c1ccccc1. The fourth-order valence-electron chi connectivity index (χ4n) is 5.73. The maximum absolute atomic E-state index is 6.65. The Bertz CT molecular complexity index is 612. The fourth-order valence-corrected chi connectivity index (χ4v) is 5.73. The first-order chi connectivity index (χ1) is 11.3. The Labute approximate surface area is 146 Å². The van der Waals surface area contributed by atoms with Crippen molar-refractivity contribution < 1.29 is 9.57 Å². The normalized spacial score (nSPS) is 38.0. The van der Waals surface area contributed by atoms with Crippen LogP contribution in [0.25, 0.3) is 0 Å². The van der Waals surface area contributed by atoms with Gasteiger partial charge in [0, 0.05) is 0 Å². The van der Waals surface area contributed by atoms with E-state index in [4.69, 9.17) is 9.57 Å². The lowest BCUT2D eigenvalue weighted by Crippen LogP contribution is -2.63. The van der Waals surface area contributed by atoms with Gasteiger partial charge in [-0.2, -0.15) is 0 Å². The average Bonchev–Trinajstić information content (AvgIpc) is 3.18. The smallest absolute Gasteiger partial charge is 0.139 e. The lowest BCUT2D eigenvalue weighted by Gasteiger charge is -2.53. The zero-order valence-corrected chi connectivity index (χ0v) is 15.7. The summed E-state index contributed by atoms with van der Waals surface area (Å²) in [7, 11) is 0. The molecule has 3 heteroatoms. The number of hydrogen-bond donors (Lipinski definition) is 0. The summed E-state index contributed by atoms with van der Waals surface area (Å²) in [5.74, 6) is 1.47. The van der Waals surface area contributed by atoms with E-state index >= 15 is 0 Å². The summed E-state index contributed by atoms with van der Waals surface area (Å²) in [5.41, 5.74) is 1.06. The Hall–Kier alpha value is -0.900. The first-order valence-corrected chi connectivity index (χ1v) is 9.45. The number of ether oxygens (including phenoxy) is 1. The number of benzene rings is 1. The van der Waals surface area contributed by atoms with Gasteiger partial charge in [0.2, 0.25) is 0 Å². The van der Waals surface area contributed by atoms with Crippen molar-refractivity contribution in [3.05, 3.63) is 35.9 Å². The quantitative estimate of drug-likeness (QED) is 0.784. The molecule has 4 atom stereocenters. The summed E-state index contributed by atoms with van der Waals surface area (Å²) in [4.78, 5) is 6.65. The summed E-state index contributed by atoms with van der Waals surface area (Å²) in [5, 5.41) is 2.27. The minimum Gasteiger partial charge on any atom is -0.357 e. The fraction of sp³-hybridized carbons (Fsp3) is 0.714. The molecule has 0 N–H and O–H groups in total. The lowest BCUT2D eigenvalue weighted by atomic mass is 9.63. The highest BCUT2D eigenvalue weighted by atomic mass is 16.7. The molecule has 1 aliphatic heterocycles. The monoisotopic (exact) mass is 329 g/mol. The molecule has 3 fully saturated rings. The largest absolute Gasteiger partial charge is 0.357 e. The third-order valence-electron chi connectivity index (χ3n) is 7.27. The summed E-state index contributed by atoms with van der Waals surface area (Å²) in [6.45, 7) is 12.1. The van der Waals surface area contributed by atoms with Crippen molar-refractivity contribution in [2.24, 2.45) is 17.3 Å². The number of fused-ring (bicyclic) bond motifs is 3. The van der Waals surface area contributed by atoms with Crippen LogP contribution >= 0.6 is 0 Å². The predicted octanol–water partition coefficient (Wildman–Crippen LogP) is 4.94. The highest BCUT2D eigenvalue weighted by Gasteiger charge is 2.71. The van der Waals surface area contributed by atoms with Crippen LogP contribution in [0.1, 0.15) is 65.5 Å². The lowest BCUT2D eigenvalue weighted by molar-refractivity contribution is -0.321. The average molecular weight is 329 g/mol. The minimum absolute atomic E-state index is 0.00244. The zero-order chi connectivity index (χ0) is 17.2. The van der Waals surface area contributed by atoms with E-state index in [0.29, 0.717) is 5.92 Å². The number of hydroxylamine groups is 2. The molecule has 0 radical (unpaired) electrons. The summed E-state index contributed by atoms with van der Waals surface area (Å²) >= 11 is 0. The second-order valence-corrected chi connectivity index (χ2v) is 9.04. The van der Waals surface area contributed by atoms with Gasteiger partial charge in [-0.3, -0.25) is 4.84 Å². The molecule has 3 nitrogen and oxygen atoms in total. The predicted molar refractivity (Wildman–Crippen MR) is 95.2 cm³/mol. The first-order valence-electron chi connectivity index (χ1n) is 9.45. The van der Waals surface area contributed by atoms with E-state index in [1.54, 1.807) is 0 Å². The molecule has 1 aromatic carbocycles. The van der Waals surface area contributed by atoms with E-state index in [2.05, 4.69) is 70.0 Å². The van der Waals surface area contributed by atoms with Gasteiger partial charge >= 0.3 is 0 Å². The Morgan fingerprint density at radius 3 is 2.38 bits per heavy atom. The molecular weight excluding hydrogens is 298 g/mol. The molecular formula is C21H31NO2. The van der Waals surface area contributed by atoms with Crippen LogP contribution in [0.3, 0.4) is 0 Å². The summed E-state index contributed by atoms with van der Waals surface area (Å²) < 4.78 is 6.32. The van der Waals surface area contributed by atoms with Gasteiger partial charge < -0.3 is 4.74 Å². The maximum Gasteiger partial charge on any atom is 0.139 e. The van der Waals surface area contributed by atoms with Crippen molar-refractivity contribution in [1.82, 2.24) is 5.06 Å². The van der Waals surface area contributed by atoms with Crippen LogP contribution in [-0.2, 0) is 9.57 Å². The molecule has 1 aromatic rings. The third kappa shape index (κ3) is 2.07. The van der Waals surface area contributed by atoms with Gasteiger partial charge in [0.1, 0.15) is 11.8 Å². The van der Waals surface area contributed by atoms with Gasteiger partial charge in [-0.1, -0.05) is 44.2 Å². The van der Waals surface area contributed by atoms with Crippen molar-refractivity contribution in [3.8, 4) is 0 Å². The van der Waals surface area contributed by atoms with E-state index in [0.717, 1.165) is 12.5 Å². The van der Waals surface area contributed by atoms with Crippen molar-refractivity contribution in [3.63, 3.8) is 0 Å². The highest BCUT2D eigenvalue weighted by molar-refractivity contribution is 5.20. The molecule has 1 spiro atoms. The van der Waals surface area contributed by atoms with Crippen LogP contribution in [0.15, 0.2) is 30.3 Å². The Morgan fingerprint density at radius 1 is 1.08 bits per heavy atom. The molecule has 2 saturated carbocycles. The van der Waals surface area contributed by atoms with Crippen LogP contribution in [0.2, 0.25) is 0 Å². The molecule has 2 bridgehead atoms. The van der Waals surface area contributed by atoms with Crippen LogP contribution in [-0.4, -0.2) is 22.9 Å². The van der Waals surface area contributed by atoms with Gasteiger partial charge in [0.25, 0.3) is 0 Å². The maximum atomic E-state index is 6.65. The van der Waals surface area contributed by atoms with Crippen molar-refractivity contribution in [2.75, 3.05) is 6.61 Å². The molecule has 3 aliphatic rings. The topological polar surface area (TPSA) is 21.7 Å². The molecule has 3 unspecified atom stereocenters.